The molecule has 6 nitrogen and oxygen atoms in total. The van der Waals surface area contributed by atoms with Crippen molar-refractivity contribution in [1.29, 1.82) is 0 Å². The Bertz CT molecular complexity index is 330. The van der Waals surface area contributed by atoms with Gasteiger partial charge in [-0.25, -0.2) is 4.79 Å². The molecule has 0 aromatic carbocycles. The van der Waals surface area contributed by atoms with Gasteiger partial charge < -0.3 is 19.7 Å². The lowest BCUT2D eigenvalue weighted by molar-refractivity contribution is -0.137. The van der Waals surface area contributed by atoms with Crippen molar-refractivity contribution in [3.8, 4) is 0 Å². The molecule has 2 atom stereocenters. The number of nitrogens with zero attached hydrogens (tertiary/aromatic N) is 1. The van der Waals surface area contributed by atoms with E-state index in [9.17, 15) is 14.4 Å². The minimum absolute atomic E-state index is 0.0653. The lowest BCUT2D eigenvalue weighted by atomic mass is 10.0. The number of ether oxygens (including phenoxy) is 1. The van der Waals surface area contributed by atoms with Gasteiger partial charge in [0, 0.05) is 6.54 Å². The van der Waals surface area contributed by atoms with Gasteiger partial charge in [-0.2, -0.15) is 0 Å². The molecule has 0 aromatic heterocycles. The number of likely N-dealkylation sites (tertiary alicyclic amines) is 1. The van der Waals surface area contributed by atoms with E-state index < -0.39 is 12.1 Å². The van der Waals surface area contributed by atoms with Crippen LogP contribution in [0.5, 0.6) is 0 Å². The van der Waals surface area contributed by atoms with Gasteiger partial charge in [0.15, 0.2) is 0 Å². The number of nitrogens with one attached hydrogen (secondary N) is 1. The molecule has 1 rings (SSSR count). The fraction of sp³-hybridized carbons (Fsp3) is 0.750. The van der Waals surface area contributed by atoms with Gasteiger partial charge in [0.25, 0.3) is 0 Å². The quantitative estimate of drug-likeness (QED) is 0.746. The van der Waals surface area contributed by atoms with Crippen molar-refractivity contribution in [3.63, 3.8) is 0 Å². The van der Waals surface area contributed by atoms with Crippen LogP contribution in [-0.4, -0.2) is 48.9 Å². The topological polar surface area (TPSA) is 75.7 Å². The van der Waals surface area contributed by atoms with Gasteiger partial charge in [-0.15, -0.1) is 0 Å². The van der Waals surface area contributed by atoms with Crippen molar-refractivity contribution >= 4 is 18.3 Å². The smallest absolute Gasteiger partial charge is 0.407 e. The van der Waals surface area contributed by atoms with Crippen LogP contribution in [0.1, 0.15) is 26.7 Å². The first kappa shape index (κ1) is 14.5. The summed E-state index contributed by atoms with van der Waals surface area (Å²) < 4.78 is 4.51. The van der Waals surface area contributed by atoms with Crippen LogP contribution in [0.3, 0.4) is 0 Å². The number of alkyl carbamates (subject to hydrolysis) is 1. The molecule has 0 radical (unpaired) electrons. The summed E-state index contributed by atoms with van der Waals surface area (Å²) in [5, 5.41) is 2.52. The summed E-state index contributed by atoms with van der Waals surface area (Å²) in [6.45, 7) is 4.24. The third kappa shape index (κ3) is 3.21. The molecular weight excluding hydrogens is 236 g/mol. The van der Waals surface area contributed by atoms with Crippen molar-refractivity contribution < 1.29 is 19.1 Å². The monoisotopic (exact) mass is 256 g/mol. The van der Waals surface area contributed by atoms with Crippen molar-refractivity contribution in [2.45, 2.75) is 38.8 Å². The molecule has 1 aliphatic rings. The molecule has 18 heavy (non-hydrogen) atoms. The standard InChI is InChI=1S/C12H20N2O4/c1-8(2)10(13-12(17)18-3)11(16)14-6-4-5-9(14)7-15/h7-10H,4-6H2,1-3H3,(H,13,17)/t9-,10-/m0/s1. The maximum absolute atomic E-state index is 12.3. The summed E-state index contributed by atoms with van der Waals surface area (Å²) in [6.07, 6.45) is 1.67. The first-order valence-electron chi connectivity index (χ1n) is 6.11. The number of rotatable bonds is 4. The van der Waals surface area contributed by atoms with Gasteiger partial charge in [-0.3, -0.25) is 4.79 Å². The first-order valence-corrected chi connectivity index (χ1v) is 6.11. The van der Waals surface area contributed by atoms with E-state index in [1.807, 2.05) is 13.8 Å². The summed E-state index contributed by atoms with van der Waals surface area (Å²) >= 11 is 0. The van der Waals surface area contributed by atoms with Crippen LogP contribution in [0.15, 0.2) is 0 Å². The number of hydrogen-bond acceptors (Lipinski definition) is 4. The lowest BCUT2D eigenvalue weighted by Gasteiger charge is -2.28. The van der Waals surface area contributed by atoms with E-state index in [4.69, 9.17) is 0 Å². The maximum Gasteiger partial charge on any atom is 0.407 e. The summed E-state index contributed by atoms with van der Waals surface area (Å²) in [6, 6.07) is -1.02. The summed E-state index contributed by atoms with van der Waals surface area (Å²) in [7, 11) is 1.25. The third-order valence-electron chi connectivity index (χ3n) is 3.13. The van der Waals surface area contributed by atoms with Gasteiger partial charge in [-0.05, 0) is 18.8 Å². The minimum atomic E-state index is -0.655. The van der Waals surface area contributed by atoms with Gasteiger partial charge in [-0.1, -0.05) is 13.8 Å². The Kier molecular flexibility index (Phi) is 5.12. The second-order valence-electron chi connectivity index (χ2n) is 4.73. The zero-order valence-electron chi connectivity index (χ0n) is 11.0. The molecule has 1 N–H and O–H groups in total. The molecule has 6 heteroatoms. The van der Waals surface area contributed by atoms with Crippen LogP contribution in [-0.2, 0) is 14.3 Å². The van der Waals surface area contributed by atoms with E-state index in [2.05, 4.69) is 10.1 Å². The number of carbonyl (C=O) groups excluding carboxylic acids is 3. The molecule has 0 bridgehead atoms. The number of aldehydes is 1. The normalized spacial score (nSPS) is 20.7. The first-order chi connectivity index (χ1) is 8.51. The molecule has 0 unspecified atom stereocenters. The molecule has 0 aromatic rings. The maximum atomic E-state index is 12.3. The van der Waals surface area contributed by atoms with Crippen LogP contribution < -0.4 is 5.32 Å². The molecule has 1 heterocycles. The van der Waals surface area contributed by atoms with E-state index in [1.54, 1.807) is 0 Å². The highest BCUT2D eigenvalue weighted by Crippen LogP contribution is 2.18. The average molecular weight is 256 g/mol. The van der Waals surface area contributed by atoms with Crippen molar-refractivity contribution in [1.82, 2.24) is 10.2 Å². The fourth-order valence-electron chi connectivity index (χ4n) is 2.09. The Labute approximate surface area is 107 Å². The molecule has 0 saturated carbocycles. The SMILES string of the molecule is COC(=O)N[C@H](C(=O)N1CCC[C@H]1C=O)C(C)C. The fourth-order valence-corrected chi connectivity index (χ4v) is 2.09. The van der Waals surface area contributed by atoms with Crippen LogP contribution in [0.25, 0.3) is 0 Å². The Morgan fingerprint density at radius 1 is 1.44 bits per heavy atom. The average Bonchev–Trinajstić information content (AvgIpc) is 2.82. The van der Waals surface area contributed by atoms with E-state index in [-0.39, 0.29) is 17.9 Å². The molecule has 102 valence electrons. The molecule has 1 aliphatic heterocycles. The molecule has 0 spiro atoms. The summed E-state index contributed by atoms with van der Waals surface area (Å²) in [5.41, 5.74) is 0. The van der Waals surface area contributed by atoms with Gasteiger partial charge >= 0.3 is 6.09 Å². The molecule has 1 fully saturated rings. The number of amides is 2. The van der Waals surface area contributed by atoms with E-state index >= 15 is 0 Å². The van der Waals surface area contributed by atoms with Crippen LogP contribution in [0, 0.1) is 5.92 Å². The second-order valence-corrected chi connectivity index (χ2v) is 4.73. The zero-order chi connectivity index (χ0) is 13.7. The highest BCUT2D eigenvalue weighted by atomic mass is 16.5. The summed E-state index contributed by atoms with van der Waals surface area (Å²) in [5.74, 6) is -0.283. The van der Waals surface area contributed by atoms with Gasteiger partial charge in [0.2, 0.25) is 5.91 Å². The second kappa shape index (κ2) is 6.37. The Morgan fingerprint density at radius 3 is 2.61 bits per heavy atom. The third-order valence-corrected chi connectivity index (χ3v) is 3.13. The zero-order valence-corrected chi connectivity index (χ0v) is 11.0. The Hall–Kier alpha value is -1.59. The highest BCUT2D eigenvalue weighted by Gasteiger charge is 2.35. The molecular formula is C12H20N2O4. The van der Waals surface area contributed by atoms with Crippen molar-refractivity contribution in [2.75, 3.05) is 13.7 Å². The van der Waals surface area contributed by atoms with Crippen LogP contribution >= 0.6 is 0 Å². The van der Waals surface area contributed by atoms with Crippen molar-refractivity contribution in [3.05, 3.63) is 0 Å². The largest absolute Gasteiger partial charge is 0.453 e. The van der Waals surface area contributed by atoms with Crippen molar-refractivity contribution in [2.24, 2.45) is 5.92 Å². The van der Waals surface area contributed by atoms with Gasteiger partial charge in [0.1, 0.15) is 12.3 Å². The highest BCUT2D eigenvalue weighted by molar-refractivity contribution is 5.88. The molecule has 1 saturated heterocycles. The van der Waals surface area contributed by atoms with E-state index in [1.165, 1.54) is 12.0 Å². The minimum Gasteiger partial charge on any atom is -0.453 e. The number of methoxy groups -OCH3 is 1. The van der Waals surface area contributed by atoms with E-state index in [0.717, 1.165) is 12.7 Å². The molecule has 2 amide bonds. The predicted molar refractivity (Wildman–Crippen MR) is 65.0 cm³/mol. The Morgan fingerprint density at radius 2 is 2.11 bits per heavy atom. The van der Waals surface area contributed by atoms with Gasteiger partial charge in [0.05, 0.1) is 13.2 Å². The Balaban J connectivity index is 2.76. The lowest BCUT2D eigenvalue weighted by Crippen LogP contribution is -2.52. The van der Waals surface area contributed by atoms with Crippen LogP contribution in [0.2, 0.25) is 0 Å². The summed E-state index contributed by atoms with van der Waals surface area (Å²) in [4.78, 5) is 36.0. The predicted octanol–water partition coefficient (Wildman–Crippen LogP) is 0.557. The number of carbonyl (C=O) groups is 3. The van der Waals surface area contributed by atoms with E-state index in [0.29, 0.717) is 13.0 Å². The molecule has 0 aliphatic carbocycles. The van der Waals surface area contributed by atoms with Crippen LogP contribution in [0.4, 0.5) is 4.79 Å². The number of hydrogen-bond donors (Lipinski definition) is 1.